The van der Waals surface area contributed by atoms with Crippen molar-refractivity contribution in [2.45, 2.75) is 70.8 Å². The summed E-state index contributed by atoms with van der Waals surface area (Å²) in [6.45, 7) is 3.05. The van der Waals surface area contributed by atoms with Gasteiger partial charge in [-0.25, -0.2) is 24.1 Å². The summed E-state index contributed by atoms with van der Waals surface area (Å²) in [5, 5.41) is 3.18. The molecule has 3 aromatic heterocycles. The molecule has 0 spiro atoms. The van der Waals surface area contributed by atoms with Crippen LogP contribution in [0.2, 0.25) is 0 Å². The lowest BCUT2D eigenvalue weighted by Crippen LogP contribution is -2.46. The number of hydrogen-bond acceptors (Lipinski definition) is 14. The number of anilines is 1. The van der Waals surface area contributed by atoms with Crippen molar-refractivity contribution in [3.8, 4) is 11.4 Å². The summed E-state index contributed by atoms with van der Waals surface area (Å²) in [6.07, 6.45) is -2.58. The fourth-order valence-electron chi connectivity index (χ4n) is 6.57. The van der Waals surface area contributed by atoms with E-state index in [0.717, 1.165) is 28.8 Å². The summed E-state index contributed by atoms with van der Waals surface area (Å²) in [5.41, 5.74) is -0.986. The summed E-state index contributed by atoms with van der Waals surface area (Å²) in [6, 6.07) is 11.0. The van der Waals surface area contributed by atoms with E-state index < -0.39 is 67.6 Å². The number of cyclic esters (lactones) is 1. The summed E-state index contributed by atoms with van der Waals surface area (Å²) in [5.74, 6) is -2.42. The number of ether oxygens (including phenoxy) is 3. The van der Waals surface area contributed by atoms with E-state index in [1.54, 1.807) is 6.07 Å². The minimum absolute atomic E-state index is 0.0511. The first-order valence-electron chi connectivity index (χ1n) is 15.9. The molecule has 18 nitrogen and oxygen atoms in total. The smallest absolute Gasteiger partial charge is 0.460 e. The first-order valence-corrected chi connectivity index (χ1v) is 17.3. The minimum atomic E-state index is -5.18. The van der Waals surface area contributed by atoms with E-state index in [1.165, 1.54) is 18.4 Å². The Kier molecular flexibility index (Phi) is 8.67. The Morgan fingerprint density at radius 3 is 2.67 bits per heavy atom. The van der Waals surface area contributed by atoms with Crippen molar-refractivity contribution < 1.29 is 47.1 Å². The fraction of sp³-hybridized carbons (Fsp3) is 0.375. The van der Waals surface area contributed by atoms with Gasteiger partial charge >= 0.3 is 25.5 Å². The number of fused-ring (bicyclic) bond motifs is 5. The molecule has 266 valence electrons. The number of aromatic nitrogens is 5. The summed E-state index contributed by atoms with van der Waals surface area (Å²) in [7, 11) is -5.18. The van der Waals surface area contributed by atoms with Crippen molar-refractivity contribution in [2.24, 2.45) is 0 Å². The Labute approximate surface area is 287 Å². The first-order chi connectivity index (χ1) is 24.3. The Morgan fingerprint density at radius 1 is 1.16 bits per heavy atom. The number of esters is 2. The van der Waals surface area contributed by atoms with Crippen LogP contribution in [0.4, 0.5) is 5.95 Å². The lowest BCUT2D eigenvalue weighted by atomic mass is 9.86. The number of rotatable bonds is 9. The fourth-order valence-corrected chi connectivity index (χ4v) is 7.66. The molecule has 7 rings (SSSR count). The van der Waals surface area contributed by atoms with Gasteiger partial charge in [0.05, 0.1) is 35.6 Å². The van der Waals surface area contributed by atoms with Gasteiger partial charge in [0.2, 0.25) is 17.5 Å². The zero-order valence-corrected chi connectivity index (χ0v) is 28.3. The number of carbonyl (C=O) groups excluding carboxylic acids is 3. The van der Waals surface area contributed by atoms with Crippen molar-refractivity contribution >= 4 is 42.5 Å². The average molecular weight is 723 g/mol. The second kappa shape index (κ2) is 12.9. The minimum Gasteiger partial charge on any atom is -0.460 e. The van der Waals surface area contributed by atoms with Crippen LogP contribution in [-0.2, 0) is 61.0 Å². The van der Waals surface area contributed by atoms with Crippen LogP contribution >= 0.6 is 7.82 Å². The van der Waals surface area contributed by atoms with E-state index in [9.17, 15) is 33.4 Å². The van der Waals surface area contributed by atoms with Crippen LogP contribution in [0.3, 0.4) is 0 Å². The third-order valence-corrected chi connectivity index (χ3v) is 9.90. The molecule has 1 unspecified atom stereocenters. The number of hydrogen-bond donors (Lipinski definition) is 2. The normalized spacial score (nSPS) is 23.1. The maximum atomic E-state index is 13.8. The molecule has 6 heterocycles. The van der Waals surface area contributed by atoms with Crippen molar-refractivity contribution in [3.63, 3.8) is 0 Å². The number of amides is 1. The van der Waals surface area contributed by atoms with E-state index in [-0.39, 0.29) is 43.1 Å². The second-order valence-electron chi connectivity index (χ2n) is 12.2. The van der Waals surface area contributed by atoms with Crippen LogP contribution < -0.4 is 16.6 Å². The predicted molar refractivity (Wildman–Crippen MR) is 174 cm³/mol. The molecule has 51 heavy (non-hydrogen) atoms. The molecular weight excluding hydrogens is 691 g/mol. The summed E-state index contributed by atoms with van der Waals surface area (Å²) in [4.78, 5) is 86.5. The molecule has 1 aromatic carbocycles. The quantitative estimate of drug-likeness (QED) is 0.164. The second-order valence-corrected chi connectivity index (χ2v) is 13.6. The van der Waals surface area contributed by atoms with Gasteiger partial charge in [-0.15, -0.1) is 0 Å². The molecule has 4 aromatic rings. The zero-order chi connectivity index (χ0) is 36.2. The Hall–Kier alpha value is -5.13. The standard InChI is InChI=1S/C32H31N6O12P/c1-4-32(21-10-23-27-19(9-18-7-5-6-8-22(18)35-27)12-37(23)28(41)20(21)13-46-29(32)42)50-51(44,45)47-14-25-24(48-17(3)40)11-26(49-25)38-15-33-30(34-16(2)39)36-31(38)43/h5-10,15,24-26H,4,11-14H2,1-3H3,(H,44,45)(H,34,36,39,43)/t24-,25+,26+,32-/m0/s1. The van der Waals surface area contributed by atoms with Crippen LogP contribution in [0.15, 0.2) is 52.3 Å². The van der Waals surface area contributed by atoms with Crippen LogP contribution in [0.25, 0.3) is 22.3 Å². The van der Waals surface area contributed by atoms with Crippen LogP contribution in [0.1, 0.15) is 56.5 Å². The highest BCUT2D eigenvalue weighted by molar-refractivity contribution is 7.47. The molecule has 1 amide bonds. The molecular formula is C32H31N6O12P. The van der Waals surface area contributed by atoms with E-state index in [0.29, 0.717) is 16.9 Å². The lowest BCUT2D eigenvalue weighted by Gasteiger charge is -2.36. The molecule has 3 aliphatic heterocycles. The zero-order valence-electron chi connectivity index (χ0n) is 27.4. The van der Waals surface area contributed by atoms with Gasteiger partial charge in [-0.3, -0.25) is 33.3 Å². The summed E-state index contributed by atoms with van der Waals surface area (Å²) >= 11 is 0. The Morgan fingerprint density at radius 2 is 1.94 bits per heavy atom. The van der Waals surface area contributed by atoms with Gasteiger partial charge in [-0.1, -0.05) is 25.1 Å². The van der Waals surface area contributed by atoms with Crippen LogP contribution in [0, 0.1) is 0 Å². The largest absolute Gasteiger partial charge is 0.473 e. The first kappa shape index (κ1) is 34.3. The van der Waals surface area contributed by atoms with Gasteiger partial charge < -0.3 is 23.7 Å². The third-order valence-electron chi connectivity index (χ3n) is 8.88. The SMILES string of the molecule is CC[C@@]1(OP(=O)(O)OC[C@H]2O[C@@H](n3cnc(NC(C)=O)nc3=O)C[C@@H]2OC(C)=O)C(=O)OCc2c1cc1n(c2=O)Cc2cc3ccccc3nc2-1. The Balaban J connectivity index is 1.16. The van der Waals surface area contributed by atoms with Crippen molar-refractivity contribution in [1.82, 2.24) is 24.1 Å². The van der Waals surface area contributed by atoms with Gasteiger partial charge in [0, 0.05) is 36.8 Å². The maximum Gasteiger partial charge on any atom is 0.473 e. The third kappa shape index (κ3) is 6.25. The van der Waals surface area contributed by atoms with Gasteiger partial charge in [-0.05, 0) is 24.6 Å². The highest BCUT2D eigenvalue weighted by Crippen LogP contribution is 2.54. The molecule has 19 heteroatoms. The van der Waals surface area contributed by atoms with E-state index in [4.69, 9.17) is 28.2 Å². The molecule has 1 saturated heterocycles. The molecule has 0 aliphatic carbocycles. The Bertz CT molecular complexity index is 2290. The molecule has 0 radical (unpaired) electrons. The monoisotopic (exact) mass is 722 g/mol. The number of phosphoric acid groups is 1. The number of nitrogens with one attached hydrogen (secondary N) is 1. The van der Waals surface area contributed by atoms with Crippen molar-refractivity contribution in [1.29, 1.82) is 0 Å². The van der Waals surface area contributed by atoms with Crippen molar-refractivity contribution in [2.75, 3.05) is 11.9 Å². The molecule has 0 saturated carbocycles. The van der Waals surface area contributed by atoms with Crippen LogP contribution in [-0.4, -0.2) is 65.6 Å². The predicted octanol–water partition coefficient (Wildman–Crippen LogP) is 2.05. The topological polar surface area (TPSA) is 229 Å². The van der Waals surface area contributed by atoms with E-state index >= 15 is 0 Å². The number of nitrogens with zero attached hydrogens (tertiary/aromatic N) is 5. The molecule has 1 fully saturated rings. The molecule has 5 atom stereocenters. The number of para-hydroxylation sites is 1. The van der Waals surface area contributed by atoms with E-state index in [2.05, 4.69) is 15.3 Å². The maximum absolute atomic E-state index is 13.8. The molecule has 3 aliphatic rings. The number of phosphoric ester groups is 1. The van der Waals surface area contributed by atoms with Crippen LogP contribution in [0.5, 0.6) is 0 Å². The van der Waals surface area contributed by atoms with Gasteiger partial charge in [0.25, 0.3) is 5.56 Å². The number of pyridine rings is 2. The van der Waals surface area contributed by atoms with Gasteiger partial charge in [0.15, 0.2) is 0 Å². The van der Waals surface area contributed by atoms with Gasteiger partial charge in [-0.2, -0.15) is 4.98 Å². The van der Waals surface area contributed by atoms with Crippen molar-refractivity contribution in [3.05, 3.63) is 80.3 Å². The molecule has 2 N–H and O–H groups in total. The highest BCUT2D eigenvalue weighted by atomic mass is 31.2. The summed E-state index contributed by atoms with van der Waals surface area (Å²) < 4.78 is 43.7. The van der Waals surface area contributed by atoms with E-state index in [1.807, 2.05) is 30.3 Å². The number of benzene rings is 1. The lowest BCUT2D eigenvalue weighted by molar-refractivity contribution is -0.171. The molecule has 0 bridgehead atoms. The highest BCUT2D eigenvalue weighted by Gasteiger charge is 2.53. The average Bonchev–Trinajstić information content (AvgIpc) is 3.64. The van der Waals surface area contributed by atoms with Gasteiger partial charge in [0.1, 0.15) is 31.4 Å². The number of carbonyl (C=O) groups is 3.